The zero-order valence-corrected chi connectivity index (χ0v) is 18.5. The number of carbonyl (C=O) groups is 1. The number of sulfonamides is 1. The first-order valence-electron chi connectivity index (χ1n) is 9.15. The number of anilines is 1. The molecule has 1 fully saturated rings. The van der Waals surface area contributed by atoms with Gasteiger partial charge in [0.05, 0.1) is 35.4 Å². The Bertz CT molecular complexity index is 1200. The molecular weight excluding hydrogens is 476 g/mol. The van der Waals surface area contributed by atoms with Gasteiger partial charge in [-0.1, -0.05) is 12.1 Å². The summed E-state index contributed by atoms with van der Waals surface area (Å²) in [7, 11) is -2.28. The van der Waals surface area contributed by atoms with Crippen LogP contribution in [0.5, 0.6) is 5.75 Å². The summed E-state index contributed by atoms with van der Waals surface area (Å²) >= 11 is 3.39. The molecule has 0 aliphatic carbocycles. The molecule has 4 rings (SSSR count). The lowest BCUT2D eigenvalue weighted by Gasteiger charge is -2.26. The maximum absolute atomic E-state index is 12.9. The SMILES string of the molecule is COc1ccc(S(=O)(=O)N2CCOCC2)cc1NC(=O)c1cc2cccc(Br)c2o1. The number of morpholine rings is 1. The fraction of sp³-hybridized carbons (Fsp3) is 0.250. The highest BCUT2D eigenvalue weighted by molar-refractivity contribution is 9.10. The smallest absolute Gasteiger partial charge is 0.291 e. The van der Waals surface area contributed by atoms with E-state index in [1.54, 1.807) is 6.07 Å². The minimum absolute atomic E-state index is 0.0628. The Balaban J connectivity index is 1.64. The van der Waals surface area contributed by atoms with E-state index in [4.69, 9.17) is 13.9 Å². The van der Waals surface area contributed by atoms with Crippen LogP contribution in [0.25, 0.3) is 11.0 Å². The highest BCUT2D eigenvalue weighted by Gasteiger charge is 2.27. The van der Waals surface area contributed by atoms with Crippen molar-refractivity contribution in [2.24, 2.45) is 0 Å². The van der Waals surface area contributed by atoms with Crippen LogP contribution >= 0.6 is 15.9 Å². The number of carbonyl (C=O) groups excluding carboxylic acids is 1. The zero-order chi connectivity index (χ0) is 21.3. The Morgan fingerprint density at radius 1 is 1.17 bits per heavy atom. The number of hydrogen-bond donors (Lipinski definition) is 1. The second kappa shape index (κ2) is 8.38. The fourth-order valence-corrected chi connectivity index (χ4v) is 5.10. The highest BCUT2D eigenvalue weighted by Crippen LogP contribution is 2.31. The van der Waals surface area contributed by atoms with E-state index in [0.717, 1.165) is 9.86 Å². The number of rotatable bonds is 5. The zero-order valence-electron chi connectivity index (χ0n) is 16.1. The Morgan fingerprint density at radius 2 is 1.93 bits per heavy atom. The van der Waals surface area contributed by atoms with Crippen molar-refractivity contribution in [2.75, 3.05) is 38.7 Å². The van der Waals surface area contributed by atoms with Crippen LogP contribution < -0.4 is 10.1 Å². The van der Waals surface area contributed by atoms with Crippen molar-refractivity contribution in [3.05, 3.63) is 52.7 Å². The van der Waals surface area contributed by atoms with Gasteiger partial charge in [0, 0.05) is 18.5 Å². The molecule has 1 saturated heterocycles. The van der Waals surface area contributed by atoms with Crippen LogP contribution in [0.1, 0.15) is 10.6 Å². The third kappa shape index (κ3) is 3.95. The van der Waals surface area contributed by atoms with E-state index < -0.39 is 15.9 Å². The van der Waals surface area contributed by atoms with Crippen molar-refractivity contribution in [2.45, 2.75) is 4.90 Å². The largest absolute Gasteiger partial charge is 0.495 e. The van der Waals surface area contributed by atoms with E-state index in [9.17, 15) is 13.2 Å². The first-order valence-corrected chi connectivity index (χ1v) is 11.4. The van der Waals surface area contributed by atoms with E-state index in [1.165, 1.54) is 29.6 Å². The Labute approximate surface area is 181 Å². The van der Waals surface area contributed by atoms with Crippen molar-refractivity contribution in [1.82, 2.24) is 4.31 Å². The maximum Gasteiger partial charge on any atom is 0.291 e. The highest BCUT2D eigenvalue weighted by atomic mass is 79.9. The molecule has 1 aromatic heterocycles. The molecule has 0 unspecified atom stereocenters. The average Bonchev–Trinajstić information content (AvgIpc) is 3.20. The first-order chi connectivity index (χ1) is 14.4. The number of methoxy groups -OCH3 is 1. The van der Waals surface area contributed by atoms with E-state index in [-0.39, 0.29) is 29.4 Å². The van der Waals surface area contributed by atoms with Crippen molar-refractivity contribution in [3.8, 4) is 5.75 Å². The van der Waals surface area contributed by atoms with Crippen molar-refractivity contribution in [1.29, 1.82) is 0 Å². The molecule has 2 aromatic carbocycles. The number of hydrogen-bond acceptors (Lipinski definition) is 6. The molecule has 1 aliphatic rings. The second-order valence-electron chi connectivity index (χ2n) is 6.60. The molecule has 0 radical (unpaired) electrons. The summed E-state index contributed by atoms with van der Waals surface area (Å²) in [5.41, 5.74) is 0.787. The molecule has 2 heterocycles. The summed E-state index contributed by atoms with van der Waals surface area (Å²) in [6, 6.07) is 11.5. The Hall–Kier alpha value is -2.40. The summed E-state index contributed by atoms with van der Waals surface area (Å²) in [4.78, 5) is 12.8. The molecule has 30 heavy (non-hydrogen) atoms. The summed E-state index contributed by atoms with van der Waals surface area (Å²) < 4.78 is 44.2. The number of fused-ring (bicyclic) bond motifs is 1. The summed E-state index contributed by atoms with van der Waals surface area (Å²) in [6.45, 7) is 1.26. The number of furan rings is 1. The van der Waals surface area contributed by atoms with Gasteiger partial charge in [-0.15, -0.1) is 0 Å². The van der Waals surface area contributed by atoms with Crippen LogP contribution in [-0.2, 0) is 14.8 Å². The van der Waals surface area contributed by atoms with E-state index >= 15 is 0 Å². The molecule has 0 atom stereocenters. The second-order valence-corrected chi connectivity index (χ2v) is 9.39. The molecule has 3 aromatic rings. The van der Waals surface area contributed by atoms with Gasteiger partial charge in [0.1, 0.15) is 11.3 Å². The number of nitrogens with one attached hydrogen (secondary N) is 1. The lowest BCUT2D eigenvalue weighted by Crippen LogP contribution is -2.40. The quantitative estimate of drug-likeness (QED) is 0.582. The van der Waals surface area contributed by atoms with Crippen molar-refractivity contribution in [3.63, 3.8) is 0 Å². The van der Waals surface area contributed by atoms with Crippen molar-refractivity contribution < 1.29 is 27.1 Å². The fourth-order valence-electron chi connectivity index (χ4n) is 3.20. The first kappa shape index (κ1) is 20.9. The standard InChI is InChI=1S/C20H19BrN2O6S/c1-27-17-6-5-14(30(25,26)23-7-9-28-10-8-23)12-16(17)22-20(24)18-11-13-3-2-4-15(21)19(13)29-18/h2-6,11-12H,7-10H2,1H3,(H,22,24). The van der Waals surface area contributed by atoms with Gasteiger partial charge in [-0.3, -0.25) is 4.79 Å². The monoisotopic (exact) mass is 494 g/mol. The van der Waals surface area contributed by atoms with Crippen LogP contribution in [0.4, 0.5) is 5.69 Å². The van der Waals surface area contributed by atoms with Crippen LogP contribution in [0.3, 0.4) is 0 Å². The minimum Gasteiger partial charge on any atom is -0.495 e. The van der Waals surface area contributed by atoms with Gasteiger partial charge in [0.2, 0.25) is 10.0 Å². The lowest BCUT2D eigenvalue weighted by molar-refractivity contribution is 0.0730. The predicted molar refractivity (Wildman–Crippen MR) is 114 cm³/mol. The van der Waals surface area contributed by atoms with Crippen LogP contribution in [0.2, 0.25) is 0 Å². The molecule has 0 spiro atoms. The molecular formula is C20H19BrN2O6S. The molecule has 0 saturated carbocycles. The van der Waals surface area contributed by atoms with Gasteiger partial charge >= 0.3 is 0 Å². The topological polar surface area (TPSA) is 98.1 Å². The van der Waals surface area contributed by atoms with E-state index in [1.807, 2.05) is 18.2 Å². The van der Waals surface area contributed by atoms with Gasteiger partial charge in [0.25, 0.3) is 5.91 Å². The number of nitrogens with zero attached hydrogens (tertiary/aromatic N) is 1. The Kier molecular flexibility index (Phi) is 5.83. The number of halogens is 1. The number of benzene rings is 2. The van der Waals surface area contributed by atoms with Crippen molar-refractivity contribution >= 4 is 48.5 Å². The maximum atomic E-state index is 12.9. The van der Waals surface area contributed by atoms with Gasteiger partial charge < -0.3 is 19.2 Å². The van der Waals surface area contributed by atoms with E-state index in [2.05, 4.69) is 21.2 Å². The number of para-hydroxylation sites is 1. The Morgan fingerprint density at radius 3 is 2.63 bits per heavy atom. The summed E-state index contributed by atoms with van der Waals surface area (Å²) in [5, 5.41) is 3.46. The molecule has 1 aliphatic heterocycles. The number of ether oxygens (including phenoxy) is 2. The van der Waals surface area contributed by atoms with Crippen LogP contribution in [-0.4, -0.2) is 52.0 Å². The van der Waals surface area contributed by atoms with Crippen LogP contribution in [0, 0.1) is 0 Å². The van der Waals surface area contributed by atoms with Gasteiger partial charge in [-0.05, 0) is 46.3 Å². The van der Waals surface area contributed by atoms with E-state index in [0.29, 0.717) is 24.5 Å². The van der Waals surface area contributed by atoms with Gasteiger partial charge in [0.15, 0.2) is 5.76 Å². The van der Waals surface area contributed by atoms with Gasteiger partial charge in [-0.2, -0.15) is 4.31 Å². The van der Waals surface area contributed by atoms with Gasteiger partial charge in [-0.25, -0.2) is 8.42 Å². The average molecular weight is 495 g/mol. The predicted octanol–water partition coefficient (Wildman–Crippen LogP) is 3.48. The minimum atomic E-state index is -3.72. The molecule has 10 heteroatoms. The lowest BCUT2D eigenvalue weighted by atomic mass is 10.2. The third-order valence-corrected chi connectivity index (χ3v) is 7.27. The third-order valence-electron chi connectivity index (χ3n) is 4.75. The normalized spacial score (nSPS) is 15.3. The molecule has 1 N–H and O–H groups in total. The number of amides is 1. The molecule has 158 valence electrons. The van der Waals surface area contributed by atoms with Crippen LogP contribution in [0.15, 0.2) is 56.2 Å². The molecule has 0 bridgehead atoms. The molecule has 8 nitrogen and oxygen atoms in total. The molecule has 1 amide bonds. The summed E-state index contributed by atoms with van der Waals surface area (Å²) in [5.74, 6) is -0.0840. The summed E-state index contributed by atoms with van der Waals surface area (Å²) in [6.07, 6.45) is 0.